The van der Waals surface area contributed by atoms with Crippen LogP contribution in [0.5, 0.6) is 5.75 Å². The average molecular weight is 368 g/mol. The summed E-state index contributed by atoms with van der Waals surface area (Å²) in [5.41, 5.74) is -0.0660. The number of ether oxygens (including phenoxy) is 1. The van der Waals surface area contributed by atoms with Crippen molar-refractivity contribution in [1.29, 1.82) is 0 Å². The minimum atomic E-state index is -0.871. The highest BCUT2D eigenvalue weighted by Gasteiger charge is 2.16. The molecule has 3 N–H and O–H groups in total. The van der Waals surface area contributed by atoms with Crippen molar-refractivity contribution in [3.05, 3.63) is 66.1 Å². The molecule has 3 amide bonds. The molecule has 138 valence electrons. The lowest BCUT2D eigenvalue weighted by Crippen LogP contribution is -2.41. The maximum atomic E-state index is 12.1. The van der Waals surface area contributed by atoms with E-state index in [1.54, 1.807) is 36.4 Å². The summed E-state index contributed by atoms with van der Waals surface area (Å²) in [6.45, 7) is -0.559. The minimum Gasteiger partial charge on any atom is -0.507 e. The molecule has 0 fully saturated rings. The molecule has 8 nitrogen and oxygen atoms in total. The van der Waals surface area contributed by atoms with Crippen LogP contribution in [0.2, 0.25) is 0 Å². The van der Waals surface area contributed by atoms with Gasteiger partial charge < -0.3 is 19.6 Å². The fraction of sp³-hybridized carbons (Fsp3) is 0.105. The third kappa shape index (κ3) is 4.63. The van der Waals surface area contributed by atoms with Crippen LogP contribution in [0.25, 0.3) is 10.8 Å². The molecule has 0 bridgehead atoms. The molecule has 0 radical (unpaired) electrons. The first kappa shape index (κ1) is 18.0. The Morgan fingerprint density at radius 3 is 2.48 bits per heavy atom. The number of hydrogen-bond donors (Lipinski definition) is 3. The number of amides is 3. The Labute approximate surface area is 153 Å². The molecule has 0 aliphatic heterocycles. The van der Waals surface area contributed by atoms with Crippen molar-refractivity contribution in [3.8, 4) is 5.75 Å². The third-order valence-corrected chi connectivity index (χ3v) is 3.67. The molecule has 0 atom stereocenters. The topological polar surface area (TPSA) is 118 Å². The molecular weight excluding hydrogens is 352 g/mol. The number of carbonyl (C=O) groups is 3. The van der Waals surface area contributed by atoms with Crippen LogP contribution >= 0.6 is 0 Å². The summed E-state index contributed by atoms with van der Waals surface area (Å²) in [5.74, 6) is -1.41. The van der Waals surface area contributed by atoms with Gasteiger partial charge in [0.25, 0.3) is 5.91 Å². The van der Waals surface area contributed by atoms with Crippen molar-refractivity contribution in [2.24, 2.45) is 0 Å². The van der Waals surface area contributed by atoms with Gasteiger partial charge in [0, 0.05) is 0 Å². The van der Waals surface area contributed by atoms with E-state index in [9.17, 15) is 19.5 Å². The highest BCUT2D eigenvalue weighted by Crippen LogP contribution is 2.25. The molecule has 3 rings (SSSR count). The van der Waals surface area contributed by atoms with E-state index in [4.69, 9.17) is 9.15 Å². The lowest BCUT2D eigenvalue weighted by molar-refractivity contribution is -0.123. The molecule has 0 saturated heterocycles. The predicted molar refractivity (Wildman–Crippen MR) is 95.0 cm³/mol. The molecule has 3 aromatic rings. The number of imide groups is 1. The van der Waals surface area contributed by atoms with Crippen molar-refractivity contribution in [2.75, 3.05) is 6.61 Å². The van der Waals surface area contributed by atoms with Gasteiger partial charge in [0.15, 0.2) is 6.61 Å². The summed E-state index contributed by atoms with van der Waals surface area (Å²) in [6.07, 6.45) is 1.46. The maximum absolute atomic E-state index is 12.1. The molecule has 8 heteroatoms. The SMILES string of the molecule is O=C(COC(=O)c1cc2ccccc2cc1O)NC(=O)NCc1ccco1. The first-order valence-electron chi connectivity index (χ1n) is 8.02. The van der Waals surface area contributed by atoms with Crippen molar-refractivity contribution < 1.29 is 28.6 Å². The van der Waals surface area contributed by atoms with Gasteiger partial charge in [-0.3, -0.25) is 10.1 Å². The van der Waals surface area contributed by atoms with Crippen LogP contribution in [0.15, 0.2) is 59.2 Å². The van der Waals surface area contributed by atoms with Crippen LogP contribution in [0.1, 0.15) is 16.1 Å². The predicted octanol–water partition coefficient (Wildman–Crippen LogP) is 2.32. The van der Waals surface area contributed by atoms with E-state index in [1.165, 1.54) is 18.4 Å². The number of fused-ring (bicyclic) bond motifs is 1. The second-order valence-corrected chi connectivity index (χ2v) is 5.60. The minimum absolute atomic E-state index is 0.0660. The zero-order valence-electron chi connectivity index (χ0n) is 14.1. The summed E-state index contributed by atoms with van der Waals surface area (Å²) in [7, 11) is 0. The van der Waals surface area contributed by atoms with Crippen LogP contribution in [0, 0.1) is 0 Å². The lowest BCUT2D eigenvalue weighted by Gasteiger charge is -2.08. The van der Waals surface area contributed by atoms with Gasteiger partial charge in [0.05, 0.1) is 12.8 Å². The molecular formula is C19H16N2O6. The standard InChI is InChI=1S/C19H16N2O6/c22-16-9-13-5-2-1-4-12(13)8-15(16)18(24)27-11-17(23)21-19(25)20-10-14-6-3-7-26-14/h1-9,22H,10-11H2,(H2,20,21,23,25). The lowest BCUT2D eigenvalue weighted by atomic mass is 10.1. The fourth-order valence-corrected chi connectivity index (χ4v) is 2.39. The van der Waals surface area contributed by atoms with Crippen molar-refractivity contribution in [3.63, 3.8) is 0 Å². The monoisotopic (exact) mass is 368 g/mol. The Morgan fingerprint density at radius 2 is 1.78 bits per heavy atom. The largest absolute Gasteiger partial charge is 0.507 e. The Bertz CT molecular complexity index is 981. The van der Waals surface area contributed by atoms with E-state index in [1.807, 2.05) is 5.32 Å². The summed E-state index contributed by atoms with van der Waals surface area (Å²) in [5, 5.41) is 15.9. The number of esters is 1. The number of furan rings is 1. The molecule has 2 aromatic carbocycles. The first-order valence-corrected chi connectivity index (χ1v) is 8.02. The zero-order valence-corrected chi connectivity index (χ0v) is 14.1. The quantitative estimate of drug-likeness (QED) is 0.595. The Balaban J connectivity index is 1.51. The van der Waals surface area contributed by atoms with Gasteiger partial charge >= 0.3 is 12.0 Å². The number of hydrogen-bond acceptors (Lipinski definition) is 6. The third-order valence-electron chi connectivity index (χ3n) is 3.67. The van der Waals surface area contributed by atoms with Crippen LogP contribution in [-0.2, 0) is 16.1 Å². The Morgan fingerprint density at radius 1 is 1.04 bits per heavy atom. The van der Waals surface area contributed by atoms with Gasteiger partial charge in [-0.25, -0.2) is 9.59 Å². The number of benzene rings is 2. The molecule has 0 aliphatic carbocycles. The number of nitrogens with one attached hydrogen (secondary N) is 2. The molecule has 0 spiro atoms. The summed E-state index contributed by atoms with van der Waals surface area (Å²) in [4.78, 5) is 35.4. The average Bonchev–Trinajstić information content (AvgIpc) is 3.17. The molecule has 0 aliphatic rings. The summed E-state index contributed by atoms with van der Waals surface area (Å²) >= 11 is 0. The normalized spacial score (nSPS) is 10.4. The van der Waals surface area contributed by atoms with Gasteiger partial charge in [0.2, 0.25) is 0 Å². The van der Waals surface area contributed by atoms with Gasteiger partial charge in [-0.15, -0.1) is 0 Å². The van der Waals surface area contributed by atoms with Gasteiger partial charge in [-0.1, -0.05) is 24.3 Å². The van der Waals surface area contributed by atoms with Crippen LogP contribution in [0.4, 0.5) is 4.79 Å². The van der Waals surface area contributed by atoms with Crippen LogP contribution in [-0.4, -0.2) is 29.6 Å². The number of phenols is 1. The summed E-state index contributed by atoms with van der Waals surface area (Å²) < 4.78 is 9.90. The van der Waals surface area contributed by atoms with Crippen molar-refractivity contribution in [1.82, 2.24) is 10.6 Å². The Hall–Kier alpha value is -3.81. The first-order chi connectivity index (χ1) is 13.0. The van der Waals surface area contributed by atoms with E-state index in [2.05, 4.69) is 5.32 Å². The van der Waals surface area contributed by atoms with Gasteiger partial charge in [0.1, 0.15) is 17.1 Å². The van der Waals surface area contributed by atoms with Gasteiger partial charge in [-0.2, -0.15) is 0 Å². The number of phenolic OH excluding ortho intramolecular Hbond substituents is 1. The Kier molecular flexibility index (Phi) is 5.36. The second kappa shape index (κ2) is 8.05. The van der Waals surface area contributed by atoms with E-state index in [0.717, 1.165) is 10.8 Å². The second-order valence-electron chi connectivity index (χ2n) is 5.60. The number of rotatable bonds is 5. The van der Waals surface area contributed by atoms with Crippen LogP contribution < -0.4 is 10.6 Å². The van der Waals surface area contributed by atoms with Gasteiger partial charge in [-0.05, 0) is 35.0 Å². The molecule has 1 aromatic heterocycles. The maximum Gasteiger partial charge on any atom is 0.342 e. The number of carbonyl (C=O) groups excluding carboxylic acids is 3. The zero-order chi connectivity index (χ0) is 19.2. The smallest absolute Gasteiger partial charge is 0.342 e. The molecule has 27 heavy (non-hydrogen) atoms. The van der Waals surface area contributed by atoms with E-state index < -0.39 is 24.5 Å². The molecule has 0 unspecified atom stereocenters. The molecule has 1 heterocycles. The molecule has 0 saturated carbocycles. The number of aromatic hydroxyl groups is 1. The summed E-state index contributed by atoms with van der Waals surface area (Å²) in [6, 6.07) is 12.7. The van der Waals surface area contributed by atoms with Crippen molar-refractivity contribution >= 4 is 28.7 Å². The highest BCUT2D eigenvalue weighted by molar-refractivity contribution is 6.00. The van der Waals surface area contributed by atoms with Crippen molar-refractivity contribution in [2.45, 2.75) is 6.54 Å². The van der Waals surface area contributed by atoms with E-state index >= 15 is 0 Å². The fourth-order valence-electron chi connectivity index (χ4n) is 2.39. The van der Waals surface area contributed by atoms with E-state index in [-0.39, 0.29) is 17.9 Å². The van der Waals surface area contributed by atoms with E-state index in [0.29, 0.717) is 5.76 Å². The van der Waals surface area contributed by atoms with Crippen LogP contribution in [0.3, 0.4) is 0 Å². The number of urea groups is 1. The highest BCUT2D eigenvalue weighted by atomic mass is 16.5.